The summed E-state index contributed by atoms with van der Waals surface area (Å²) in [4.78, 5) is 27.2. The maximum absolute atomic E-state index is 12.9. The molecule has 4 rings (SSSR count). The number of methoxy groups -OCH3 is 1. The molecule has 1 aliphatic heterocycles. The summed E-state index contributed by atoms with van der Waals surface area (Å²) in [6.45, 7) is 5.50. The van der Waals surface area contributed by atoms with E-state index < -0.39 is 0 Å². The first-order valence-corrected chi connectivity index (χ1v) is 11.5. The number of thiophene rings is 1. The van der Waals surface area contributed by atoms with Crippen molar-refractivity contribution in [1.29, 1.82) is 0 Å². The van der Waals surface area contributed by atoms with E-state index in [1.54, 1.807) is 6.08 Å². The Labute approximate surface area is 186 Å². The standard InChI is InChI=1S/C24H28N2O4S/c1-3-13-30-22-21(25-20(27)15-29-2)18-6-4-5-7-19(18)24(22)9-11-26(12-10-24)23(28)17-8-14-31-16-17/h3-8,14,16,21-22H,1,9-13,15H2,2H3,(H,25,27)/t21-,22+/m1/s1. The van der Waals surface area contributed by atoms with Gasteiger partial charge >= 0.3 is 0 Å². The molecule has 31 heavy (non-hydrogen) atoms. The molecule has 1 saturated heterocycles. The molecule has 0 saturated carbocycles. The average Bonchev–Trinajstić information content (AvgIpc) is 3.40. The van der Waals surface area contributed by atoms with Crippen LogP contribution in [0.5, 0.6) is 0 Å². The fourth-order valence-corrected chi connectivity index (χ4v) is 5.65. The Bertz CT molecular complexity index is 935. The average molecular weight is 441 g/mol. The highest BCUT2D eigenvalue weighted by Gasteiger charge is 2.54. The lowest BCUT2D eigenvalue weighted by molar-refractivity contribution is -0.127. The predicted octanol–water partition coefficient (Wildman–Crippen LogP) is 3.31. The molecule has 0 unspecified atom stereocenters. The van der Waals surface area contributed by atoms with Gasteiger partial charge in [-0.25, -0.2) is 0 Å². The fourth-order valence-electron chi connectivity index (χ4n) is 5.02. The quantitative estimate of drug-likeness (QED) is 0.671. The first kappa shape index (κ1) is 21.7. The Kier molecular flexibility index (Phi) is 6.55. The zero-order valence-electron chi connectivity index (χ0n) is 17.7. The highest BCUT2D eigenvalue weighted by molar-refractivity contribution is 7.08. The van der Waals surface area contributed by atoms with Gasteiger partial charge in [0.1, 0.15) is 6.61 Å². The zero-order valence-corrected chi connectivity index (χ0v) is 18.5. The van der Waals surface area contributed by atoms with Crippen LogP contribution in [0.2, 0.25) is 0 Å². The van der Waals surface area contributed by atoms with Crippen LogP contribution >= 0.6 is 11.3 Å². The monoisotopic (exact) mass is 440 g/mol. The van der Waals surface area contributed by atoms with Gasteiger partial charge in [0.05, 0.1) is 24.3 Å². The molecule has 1 aliphatic carbocycles. The van der Waals surface area contributed by atoms with E-state index in [2.05, 4.69) is 24.0 Å². The summed E-state index contributed by atoms with van der Waals surface area (Å²) in [6, 6.07) is 9.84. The Balaban J connectivity index is 1.62. The van der Waals surface area contributed by atoms with Crippen LogP contribution in [-0.2, 0) is 19.7 Å². The highest BCUT2D eigenvalue weighted by atomic mass is 32.1. The van der Waals surface area contributed by atoms with Crippen molar-refractivity contribution < 1.29 is 19.1 Å². The number of hydrogen-bond donors (Lipinski definition) is 1. The molecule has 1 spiro atoms. The van der Waals surface area contributed by atoms with Crippen LogP contribution in [0.25, 0.3) is 0 Å². The van der Waals surface area contributed by atoms with Crippen LogP contribution in [0.3, 0.4) is 0 Å². The molecule has 1 aromatic heterocycles. The number of likely N-dealkylation sites (tertiary alicyclic amines) is 1. The van der Waals surface area contributed by atoms with Crippen LogP contribution in [0.15, 0.2) is 53.7 Å². The Hall–Kier alpha value is -2.48. The van der Waals surface area contributed by atoms with Crippen molar-refractivity contribution in [1.82, 2.24) is 10.2 Å². The lowest BCUT2D eigenvalue weighted by atomic mass is 9.71. The molecule has 2 aliphatic rings. The lowest BCUT2D eigenvalue weighted by Crippen LogP contribution is -2.52. The van der Waals surface area contributed by atoms with Crippen LogP contribution < -0.4 is 5.32 Å². The summed E-state index contributed by atoms with van der Waals surface area (Å²) in [5.74, 6) is -0.0903. The molecule has 1 aromatic carbocycles. The van der Waals surface area contributed by atoms with Crippen LogP contribution in [0, 0.1) is 0 Å². The molecule has 0 radical (unpaired) electrons. The lowest BCUT2D eigenvalue weighted by Gasteiger charge is -2.44. The molecule has 2 amide bonds. The first-order valence-electron chi connectivity index (χ1n) is 10.5. The van der Waals surface area contributed by atoms with Crippen LogP contribution in [-0.4, -0.2) is 56.2 Å². The number of ether oxygens (including phenoxy) is 2. The topological polar surface area (TPSA) is 67.9 Å². The number of carbonyl (C=O) groups is 2. The number of piperidine rings is 1. The Morgan fingerprint density at radius 2 is 2.06 bits per heavy atom. The van der Waals surface area contributed by atoms with E-state index in [1.165, 1.54) is 24.0 Å². The number of hydrogen-bond acceptors (Lipinski definition) is 5. The summed E-state index contributed by atoms with van der Waals surface area (Å²) < 4.78 is 11.3. The van der Waals surface area contributed by atoms with Crippen molar-refractivity contribution >= 4 is 23.2 Å². The van der Waals surface area contributed by atoms with Crippen molar-refractivity contribution in [3.05, 3.63) is 70.4 Å². The molecular weight excluding hydrogens is 412 g/mol. The second-order valence-corrected chi connectivity index (χ2v) is 8.85. The van der Waals surface area contributed by atoms with Crippen LogP contribution in [0.1, 0.15) is 40.4 Å². The highest BCUT2D eigenvalue weighted by Crippen LogP contribution is 2.52. The molecule has 2 atom stereocenters. The third kappa shape index (κ3) is 4.05. The van der Waals surface area contributed by atoms with Gasteiger partial charge in [-0.05, 0) is 35.4 Å². The largest absolute Gasteiger partial charge is 0.375 e. The number of nitrogens with one attached hydrogen (secondary N) is 1. The SMILES string of the molecule is C=CCO[C@H]1[C@H](NC(=O)COC)c2ccccc2C12CCN(C(=O)c1ccsc1)CC2. The summed E-state index contributed by atoms with van der Waals surface area (Å²) >= 11 is 1.53. The summed E-state index contributed by atoms with van der Waals surface area (Å²) in [7, 11) is 1.51. The number of amides is 2. The van der Waals surface area contributed by atoms with E-state index in [-0.39, 0.29) is 36.0 Å². The fraction of sp³-hybridized carbons (Fsp3) is 0.417. The number of fused-ring (bicyclic) bond motifs is 2. The number of rotatable bonds is 7. The van der Waals surface area contributed by atoms with E-state index in [1.807, 2.05) is 33.9 Å². The van der Waals surface area contributed by atoms with Gasteiger partial charge in [-0.15, -0.1) is 6.58 Å². The first-order chi connectivity index (χ1) is 15.1. The third-order valence-corrected chi connectivity index (χ3v) is 7.06. The van der Waals surface area contributed by atoms with E-state index in [0.717, 1.165) is 24.0 Å². The van der Waals surface area contributed by atoms with Gasteiger partial charge in [-0.3, -0.25) is 9.59 Å². The van der Waals surface area contributed by atoms with Gasteiger partial charge in [0.15, 0.2) is 0 Å². The molecule has 1 fully saturated rings. The summed E-state index contributed by atoms with van der Waals surface area (Å²) in [6.07, 6.45) is 3.05. The van der Waals surface area contributed by atoms with Crippen molar-refractivity contribution in [3.8, 4) is 0 Å². The molecular formula is C24H28N2O4S. The van der Waals surface area contributed by atoms with Gasteiger partial charge in [-0.2, -0.15) is 11.3 Å². The number of benzene rings is 1. The van der Waals surface area contributed by atoms with Crippen molar-refractivity contribution in [2.75, 3.05) is 33.4 Å². The summed E-state index contributed by atoms with van der Waals surface area (Å²) in [5, 5.41) is 6.95. The molecule has 164 valence electrons. The number of carbonyl (C=O) groups excluding carboxylic acids is 2. The predicted molar refractivity (Wildman–Crippen MR) is 120 cm³/mol. The van der Waals surface area contributed by atoms with Gasteiger partial charge in [0, 0.05) is 31.0 Å². The number of nitrogens with zero attached hydrogens (tertiary/aromatic N) is 1. The smallest absolute Gasteiger partial charge is 0.254 e. The molecule has 2 aromatic rings. The third-order valence-electron chi connectivity index (χ3n) is 6.38. The second-order valence-electron chi connectivity index (χ2n) is 8.07. The van der Waals surface area contributed by atoms with E-state index >= 15 is 0 Å². The van der Waals surface area contributed by atoms with Crippen LogP contribution in [0.4, 0.5) is 0 Å². The second kappa shape index (κ2) is 9.34. The van der Waals surface area contributed by atoms with Gasteiger partial charge < -0.3 is 19.7 Å². The molecule has 7 heteroatoms. The molecule has 0 bridgehead atoms. The minimum Gasteiger partial charge on any atom is -0.375 e. The van der Waals surface area contributed by atoms with E-state index in [0.29, 0.717) is 19.7 Å². The molecule has 1 N–H and O–H groups in total. The maximum Gasteiger partial charge on any atom is 0.254 e. The van der Waals surface area contributed by atoms with Crippen molar-refractivity contribution in [2.24, 2.45) is 0 Å². The Morgan fingerprint density at radius 1 is 1.29 bits per heavy atom. The zero-order chi connectivity index (χ0) is 21.8. The van der Waals surface area contributed by atoms with Gasteiger partial charge in [-0.1, -0.05) is 30.3 Å². The normalized spacial score (nSPS) is 21.6. The Morgan fingerprint density at radius 3 is 2.74 bits per heavy atom. The maximum atomic E-state index is 12.9. The van der Waals surface area contributed by atoms with E-state index in [4.69, 9.17) is 9.47 Å². The van der Waals surface area contributed by atoms with Gasteiger partial charge in [0.2, 0.25) is 5.91 Å². The van der Waals surface area contributed by atoms with E-state index in [9.17, 15) is 9.59 Å². The molecule has 6 nitrogen and oxygen atoms in total. The van der Waals surface area contributed by atoms with Crippen molar-refractivity contribution in [2.45, 2.75) is 30.4 Å². The minimum atomic E-state index is -0.268. The molecule has 2 heterocycles. The minimum absolute atomic E-state index is 0.00274. The van der Waals surface area contributed by atoms with Gasteiger partial charge in [0.25, 0.3) is 5.91 Å². The summed E-state index contributed by atoms with van der Waals surface area (Å²) in [5.41, 5.74) is 2.76. The van der Waals surface area contributed by atoms with Crippen molar-refractivity contribution in [3.63, 3.8) is 0 Å².